The second kappa shape index (κ2) is 12.8. The molecule has 0 aliphatic carbocycles. The highest BCUT2D eigenvalue weighted by Crippen LogP contribution is 2.38. The largest absolute Gasteiger partial charge is 0.489 e. The van der Waals surface area contributed by atoms with Crippen LogP contribution in [0.2, 0.25) is 15.1 Å². The lowest BCUT2D eigenvalue weighted by molar-refractivity contribution is -0.143. The second-order valence-electron chi connectivity index (χ2n) is 9.62. The molecule has 1 atom stereocenters. The molecular weight excluding hydrogens is 603 g/mol. The third kappa shape index (κ3) is 6.67. The van der Waals surface area contributed by atoms with Crippen molar-refractivity contribution in [3.05, 3.63) is 110 Å². The fourth-order valence-electron chi connectivity index (χ4n) is 4.37. The SMILES string of the molecule is CC1=C(C(=O)OC(C)C)C(c2ccc(OCc3c(Cl)cccc3Cl)cc2)n2nc(SCc3ccccc3Cl)nc2N1. The quantitative estimate of drug-likeness (QED) is 0.147. The van der Waals surface area contributed by atoms with Crippen LogP contribution in [0.25, 0.3) is 0 Å². The summed E-state index contributed by atoms with van der Waals surface area (Å²) in [5.41, 5.74) is 3.62. The first-order valence-electron chi connectivity index (χ1n) is 12.9. The van der Waals surface area contributed by atoms with Gasteiger partial charge in [0.15, 0.2) is 0 Å². The third-order valence-electron chi connectivity index (χ3n) is 6.35. The highest BCUT2D eigenvalue weighted by molar-refractivity contribution is 7.98. The van der Waals surface area contributed by atoms with Crippen LogP contribution in [-0.4, -0.2) is 26.8 Å². The Kier molecular flexibility index (Phi) is 9.14. The molecule has 1 unspecified atom stereocenters. The first kappa shape index (κ1) is 29.3. The summed E-state index contributed by atoms with van der Waals surface area (Å²) in [6, 6.07) is 19.9. The van der Waals surface area contributed by atoms with E-state index >= 15 is 0 Å². The molecule has 3 aromatic carbocycles. The molecule has 0 bridgehead atoms. The molecule has 41 heavy (non-hydrogen) atoms. The second-order valence-corrected chi connectivity index (χ2v) is 11.8. The summed E-state index contributed by atoms with van der Waals surface area (Å²) < 4.78 is 13.3. The summed E-state index contributed by atoms with van der Waals surface area (Å²) in [7, 11) is 0. The molecule has 1 aliphatic heterocycles. The molecule has 0 saturated carbocycles. The Balaban J connectivity index is 1.43. The van der Waals surface area contributed by atoms with E-state index in [0.29, 0.717) is 54.5 Å². The fraction of sp³-hybridized carbons (Fsp3) is 0.233. The van der Waals surface area contributed by atoms with Gasteiger partial charge in [0.1, 0.15) is 18.4 Å². The average Bonchev–Trinajstić information content (AvgIpc) is 3.34. The van der Waals surface area contributed by atoms with Gasteiger partial charge in [0, 0.05) is 32.1 Å². The van der Waals surface area contributed by atoms with Crippen molar-refractivity contribution in [3.63, 3.8) is 0 Å². The van der Waals surface area contributed by atoms with E-state index in [4.69, 9.17) is 54.4 Å². The fourth-order valence-corrected chi connectivity index (χ4v) is 5.99. The lowest BCUT2D eigenvalue weighted by Gasteiger charge is -2.28. The van der Waals surface area contributed by atoms with Gasteiger partial charge in [0.25, 0.3) is 0 Å². The van der Waals surface area contributed by atoms with Gasteiger partial charge in [0.05, 0.1) is 11.7 Å². The number of anilines is 1. The molecule has 11 heteroatoms. The molecule has 1 aliphatic rings. The molecule has 5 rings (SSSR count). The van der Waals surface area contributed by atoms with Crippen LogP contribution in [0.4, 0.5) is 5.95 Å². The van der Waals surface area contributed by atoms with Crippen LogP contribution in [0, 0.1) is 0 Å². The smallest absolute Gasteiger partial charge is 0.338 e. The molecule has 0 amide bonds. The maximum absolute atomic E-state index is 13.3. The van der Waals surface area contributed by atoms with Gasteiger partial charge in [0.2, 0.25) is 11.1 Å². The number of allylic oxidation sites excluding steroid dienone is 1. The van der Waals surface area contributed by atoms with E-state index in [1.807, 2.05) is 69.3 Å². The number of thioether (sulfide) groups is 1. The number of halogens is 3. The summed E-state index contributed by atoms with van der Waals surface area (Å²) >= 11 is 20.4. The van der Waals surface area contributed by atoms with E-state index in [9.17, 15) is 4.79 Å². The van der Waals surface area contributed by atoms with Crippen molar-refractivity contribution in [3.8, 4) is 5.75 Å². The van der Waals surface area contributed by atoms with Gasteiger partial charge in [-0.3, -0.25) is 0 Å². The van der Waals surface area contributed by atoms with Crippen LogP contribution in [0.3, 0.4) is 0 Å². The topological polar surface area (TPSA) is 78.3 Å². The van der Waals surface area contributed by atoms with Crippen LogP contribution in [0.1, 0.15) is 43.5 Å². The Bertz CT molecular complexity index is 1580. The Labute approximate surface area is 257 Å². The number of carbonyl (C=O) groups is 1. The third-order valence-corrected chi connectivity index (χ3v) is 8.31. The van der Waals surface area contributed by atoms with E-state index in [-0.39, 0.29) is 12.7 Å². The van der Waals surface area contributed by atoms with Crippen molar-refractivity contribution in [1.29, 1.82) is 0 Å². The minimum Gasteiger partial charge on any atom is -0.489 e. The number of rotatable bonds is 9. The van der Waals surface area contributed by atoms with Crippen molar-refractivity contribution in [2.45, 2.75) is 50.4 Å². The normalized spacial score (nSPS) is 14.6. The number of fused-ring (bicyclic) bond motifs is 1. The molecule has 1 aromatic heterocycles. The lowest BCUT2D eigenvalue weighted by Crippen LogP contribution is -2.30. The van der Waals surface area contributed by atoms with Crippen molar-refractivity contribution < 1.29 is 14.3 Å². The maximum Gasteiger partial charge on any atom is 0.338 e. The highest BCUT2D eigenvalue weighted by Gasteiger charge is 2.35. The summed E-state index contributed by atoms with van der Waals surface area (Å²) in [5.74, 6) is 1.34. The predicted octanol–water partition coefficient (Wildman–Crippen LogP) is 8.35. The van der Waals surface area contributed by atoms with Crippen molar-refractivity contribution in [2.24, 2.45) is 0 Å². The minimum atomic E-state index is -0.563. The van der Waals surface area contributed by atoms with Crippen LogP contribution in [-0.2, 0) is 21.9 Å². The van der Waals surface area contributed by atoms with Gasteiger partial charge in [-0.25, -0.2) is 9.48 Å². The number of ether oxygens (including phenoxy) is 2. The Hall–Kier alpha value is -3.17. The van der Waals surface area contributed by atoms with E-state index in [1.54, 1.807) is 22.9 Å². The van der Waals surface area contributed by atoms with Crippen LogP contribution in [0.5, 0.6) is 5.75 Å². The molecule has 0 saturated heterocycles. The summed E-state index contributed by atoms with van der Waals surface area (Å²) in [5, 5.41) is 10.3. The first-order chi connectivity index (χ1) is 19.7. The maximum atomic E-state index is 13.3. The first-order valence-corrected chi connectivity index (χ1v) is 15.0. The van der Waals surface area contributed by atoms with E-state index in [2.05, 4.69) is 5.32 Å². The number of aromatic nitrogens is 3. The zero-order valence-electron chi connectivity index (χ0n) is 22.5. The number of carbonyl (C=O) groups excluding carboxylic acids is 1. The Morgan fingerprint density at radius 2 is 1.68 bits per heavy atom. The molecule has 2 heterocycles. The number of hydrogen-bond donors (Lipinski definition) is 1. The molecule has 7 nitrogen and oxygen atoms in total. The van der Waals surface area contributed by atoms with E-state index in [0.717, 1.165) is 11.1 Å². The minimum absolute atomic E-state index is 0.218. The van der Waals surface area contributed by atoms with Crippen LogP contribution >= 0.6 is 46.6 Å². The Morgan fingerprint density at radius 3 is 2.37 bits per heavy atom. The molecule has 4 aromatic rings. The van der Waals surface area contributed by atoms with Gasteiger partial charge < -0.3 is 14.8 Å². The van der Waals surface area contributed by atoms with Gasteiger partial charge in [-0.1, -0.05) is 83.0 Å². The van der Waals surface area contributed by atoms with Crippen LogP contribution < -0.4 is 10.1 Å². The predicted molar refractivity (Wildman–Crippen MR) is 164 cm³/mol. The summed E-state index contributed by atoms with van der Waals surface area (Å²) in [6.45, 7) is 5.69. The average molecular weight is 630 g/mol. The zero-order chi connectivity index (χ0) is 29.1. The zero-order valence-corrected chi connectivity index (χ0v) is 25.6. The molecule has 0 spiro atoms. The number of esters is 1. The molecule has 212 valence electrons. The van der Waals surface area contributed by atoms with Gasteiger partial charge in [-0.05, 0) is 62.2 Å². The highest BCUT2D eigenvalue weighted by atomic mass is 35.5. The monoisotopic (exact) mass is 628 g/mol. The molecule has 1 N–H and O–H groups in total. The summed E-state index contributed by atoms with van der Waals surface area (Å²) in [6.07, 6.45) is -0.283. The number of nitrogens with one attached hydrogen (secondary N) is 1. The molecule has 0 fully saturated rings. The van der Waals surface area contributed by atoms with Crippen molar-refractivity contribution >= 4 is 58.5 Å². The summed E-state index contributed by atoms with van der Waals surface area (Å²) in [4.78, 5) is 18.0. The van der Waals surface area contributed by atoms with Crippen LogP contribution in [0.15, 0.2) is 83.2 Å². The standard InChI is InChI=1S/C30H27Cl3N4O3S/c1-17(2)40-28(38)26-18(3)34-29-35-30(41-16-20-7-4-5-8-23(20)31)36-37(29)27(26)19-11-13-21(14-12-19)39-15-22-24(32)9-6-10-25(22)33/h4-14,17,27H,15-16H2,1-3H3,(H,34,35,36). The molecule has 0 radical (unpaired) electrons. The lowest BCUT2D eigenvalue weighted by atomic mass is 9.95. The Morgan fingerprint density at radius 1 is 1.00 bits per heavy atom. The van der Waals surface area contributed by atoms with Crippen molar-refractivity contribution in [2.75, 3.05) is 5.32 Å². The van der Waals surface area contributed by atoms with Crippen molar-refractivity contribution in [1.82, 2.24) is 14.8 Å². The number of hydrogen-bond acceptors (Lipinski definition) is 7. The van der Waals surface area contributed by atoms with E-state index < -0.39 is 12.0 Å². The van der Waals surface area contributed by atoms with Gasteiger partial charge in [-0.15, -0.1) is 5.10 Å². The number of benzene rings is 3. The number of nitrogens with zero attached hydrogens (tertiary/aromatic N) is 3. The molecular formula is C30H27Cl3N4O3S. The van der Waals surface area contributed by atoms with Gasteiger partial charge in [-0.2, -0.15) is 4.98 Å². The van der Waals surface area contributed by atoms with E-state index in [1.165, 1.54) is 11.8 Å². The van der Waals surface area contributed by atoms with Gasteiger partial charge >= 0.3 is 5.97 Å².